The summed E-state index contributed by atoms with van der Waals surface area (Å²) < 4.78 is 0. The summed E-state index contributed by atoms with van der Waals surface area (Å²) in [5.74, 6) is 0.127. The van der Waals surface area contributed by atoms with Gasteiger partial charge in [-0.05, 0) is 12.8 Å². The topological polar surface area (TPSA) is 65.1 Å². The van der Waals surface area contributed by atoms with E-state index in [1.165, 1.54) is 12.8 Å². The monoisotopic (exact) mass is 142 g/mol. The zero-order valence-electron chi connectivity index (χ0n) is 6.06. The maximum Gasteiger partial charge on any atom is 0.203 e. The Morgan fingerprint density at radius 2 is 2.20 bits per heavy atom. The van der Waals surface area contributed by atoms with Crippen LogP contribution < -0.4 is 11.2 Å². The third kappa shape index (κ3) is 1.88. The van der Waals surface area contributed by atoms with Crippen molar-refractivity contribution in [3.05, 3.63) is 0 Å². The minimum absolute atomic E-state index is 0.127. The Morgan fingerprint density at radius 3 is 2.90 bits per heavy atom. The Bertz CT molecular complexity index is 115. The molecule has 0 aromatic rings. The van der Waals surface area contributed by atoms with Crippen LogP contribution >= 0.6 is 0 Å². The molecule has 1 aliphatic rings. The number of hydrogen-bond donors (Lipinski definition) is 3. The van der Waals surface area contributed by atoms with Crippen molar-refractivity contribution in [2.75, 3.05) is 13.1 Å². The number of guanidine groups is 1. The van der Waals surface area contributed by atoms with Crippen LogP contribution in [-0.4, -0.2) is 24.1 Å². The molecule has 0 unspecified atom stereocenters. The molecule has 1 rings (SSSR count). The lowest BCUT2D eigenvalue weighted by Gasteiger charge is -2.19. The molecule has 0 saturated carbocycles. The number of nitrogens with zero attached hydrogens (tertiary/aromatic N) is 1. The van der Waals surface area contributed by atoms with Gasteiger partial charge in [-0.3, -0.25) is 10.4 Å². The highest BCUT2D eigenvalue weighted by Gasteiger charge is 2.07. The first-order chi connectivity index (χ1) is 4.80. The highest BCUT2D eigenvalue weighted by molar-refractivity contribution is 5.73. The molecular weight excluding hydrogens is 128 g/mol. The number of nitrogens with two attached hydrogens (primary N) is 1. The van der Waals surface area contributed by atoms with Crippen LogP contribution in [0.4, 0.5) is 0 Å². The van der Waals surface area contributed by atoms with Crippen molar-refractivity contribution in [2.45, 2.75) is 19.3 Å². The molecule has 0 aromatic carbocycles. The van der Waals surface area contributed by atoms with E-state index in [2.05, 4.69) is 5.43 Å². The Morgan fingerprint density at radius 1 is 1.40 bits per heavy atom. The summed E-state index contributed by atoms with van der Waals surface area (Å²) in [7, 11) is 0. The first kappa shape index (κ1) is 7.34. The van der Waals surface area contributed by atoms with E-state index < -0.39 is 0 Å². The molecule has 0 radical (unpaired) electrons. The number of hydrogen-bond acceptors (Lipinski definition) is 2. The molecule has 0 atom stereocenters. The molecule has 1 heterocycles. The van der Waals surface area contributed by atoms with E-state index in [1.54, 1.807) is 5.01 Å². The lowest BCUT2D eigenvalue weighted by atomic mass is 10.2. The van der Waals surface area contributed by atoms with Crippen LogP contribution in [0.1, 0.15) is 19.3 Å². The van der Waals surface area contributed by atoms with Crippen molar-refractivity contribution in [3.63, 3.8) is 0 Å². The first-order valence-corrected chi connectivity index (χ1v) is 3.66. The normalized spacial score (nSPS) is 20.2. The van der Waals surface area contributed by atoms with Gasteiger partial charge < -0.3 is 5.73 Å². The van der Waals surface area contributed by atoms with E-state index in [9.17, 15) is 0 Å². The molecule has 10 heavy (non-hydrogen) atoms. The summed E-state index contributed by atoms with van der Waals surface area (Å²) in [5.41, 5.74) is 8.35. The van der Waals surface area contributed by atoms with Gasteiger partial charge in [0, 0.05) is 13.1 Å². The molecule has 58 valence electrons. The molecule has 0 amide bonds. The van der Waals surface area contributed by atoms with E-state index in [1.807, 2.05) is 0 Å². The third-order valence-corrected chi connectivity index (χ3v) is 1.65. The molecular formula is C6H14N4. The van der Waals surface area contributed by atoms with Gasteiger partial charge in [-0.1, -0.05) is 6.42 Å². The average molecular weight is 142 g/mol. The van der Waals surface area contributed by atoms with Crippen LogP contribution in [-0.2, 0) is 0 Å². The SMILES string of the molecule is N=C(N)N1CCCCCN1. The van der Waals surface area contributed by atoms with Crippen LogP contribution in [0.3, 0.4) is 0 Å². The zero-order chi connectivity index (χ0) is 7.40. The molecule has 4 nitrogen and oxygen atoms in total. The fourth-order valence-corrected chi connectivity index (χ4v) is 1.07. The Hall–Kier alpha value is -0.770. The number of rotatable bonds is 0. The maximum absolute atomic E-state index is 7.13. The smallest absolute Gasteiger partial charge is 0.203 e. The van der Waals surface area contributed by atoms with Crippen molar-refractivity contribution in [1.82, 2.24) is 10.4 Å². The van der Waals surface area contributed by atoms with E-state index >= 15 is 0 Å². The highest BCUT2D eigenvalue weighted by atomic mass is 15.5. The van der Waals surface area contributed by atoms with Crippen molar-refractivity contribution in [3.8, 4) is 0 Å². The predicted octanol–water partition coefficient (Wildman–Crippen LogP) is -0.130. The van der Waals surface area contributed by atoms with E-state index in [4.69, 9.17) is 11.1 Å². The van der Waals surface area contributed by atoms with Crippen molar-refractivity contribution < 1.29 is 0 Å². The molecule has 0 bridgehead atoms. The van der Waals surface area contributed by atoms with Gasteiger partial charge in [0.25, 0.3) is 0 Å². The Labute approximate surface area is 60.9 Å². The third-order valence-electron chi connectivity index (χ3n) is 1.65. The summed E-state index contributed by atoms with van der Waals surface area (Å²) >= 11 is 0. The van der Waals surface area contributed by atoms with Gasteiger partial charge in [-0.15, -0.1) is 0 Å². The molecule has 1 aliphatic heterocycles. The molecule has 0 aliphatic carbocycles. The van der Waals surface area contributed by atoms with Gasteiger partial charge in [0.1, 0.15) is 0 Å². The highest BCUT2D eigenvalue weighted by Crippen LogP contribution is 2.00. The summed E-state index contributed by atoms with van der Waals surface area (Å²) in [4.78, 5) is 0. The minimum atomic E-state index is 0.127. The molecule has 0 aromatic heterocycles. The van der Waals surface area contributed by atoms with E-state index in [-0.39, 0.29) is 5.96 Å². The fraction of sp³-hybridized carbons (Fsp3) is 0.833. The minimum Gasteiger partial charge on any atom is -0.369 e. The lowest BCUT2D eigenvalue weighted by Crippen LogP contribution is -2.46. The Kier molecular flexibility index (Phi) is 2.50. The van der Waals surface area contributed by atoms with Gasteiger partial charge >= 0.3 is 0 Å². The molecule has 0 spiro atoms. The van der Waals surface area contributed by atoms with Crippen LogP contribution in [0.25, 0.3) is 0 Å². The van der Waals surface area contributed by atoms with Crippen molar-refractivity contribution in [2.24, 2.45) is 5.73 Å². The van der Waals surface area contributed by atoms with Crippen molar-refractivity contribution >= 4 is 5.96 Å². The average Bonchev–Trinajstić information content (AvgIpc) is 2.12. The lowest BCUT2D eigenvalue weighted by molar-refractivity contribution is 0.323. The summed E-state index contributed by atoms with van der Waals surface area (Å²) in [6.45, 7) is 1.81. The zero-order valence-corrected chi connectivity index (χ0v) is 6.06. The fourth-order valence-electron chi connectivity index (χ4n) is 1.07. The van der Waals surface area contributed by atoms with Crippen LogP contribution in [0.2, 0.25) is 0 Å². The molecule has 1 saturated heterocycles. The standard InChI is InChI=1S/C6H14N4/c7-6(8)10-5-3-1-2-4-9-10/h9H,1-5H2,(H3,7,8). The molecule has 4 N–H and O–H groups in total. The predicted molar refractivity (Wildman–Crippen MR) is 40.5 cm³/mol. The second-order valence-electron chi connectivity index (χ2n) is 2.51. The molecule has 4 heteroatoms. The van der Waals surface area contributed by atoms with Gasteiger partial charge in [0.15, 0.2) is 0 Å². The van der Waals surface area contributed by atoms with Gasteiger partial charge in [0.2, 0.25) is 5.96 Å². The van der Waals surface area contributed by atoms with E-state index in [0.717, 1.165) is 19.5 Å². The maximum atomic E-state index is 7.13. The summed E-state index contributed by atoms with van der Waals surface area (Å²) in [6, 6.07) is 0. The first-order valence-electron chi connectivity index (χ1n) is 3.66. The quantitative estimate of drug-likeness (QED) is 0.326. The van der Waals surface area contributed by atoms with Gasteiger partial charge in [-0.2, -0.15) is 0 Å². The summed E-state index contributed by atoms with van der Waals surface area (Å²) in [6.07, 6.45) is 3.55. The Balaban J connectivity index is 2.35. The molecule has 1 fully saturated rings. The second-order valence-corrected chi connectivity index (χ2v) is 2.51. The van der Waals surface area contributed by atoms with Gasteiger partial charge in [-0.25, -0.2) is 5.43 Å². The van der Waals surface area contributed by atoms with Gasteiger partial charge in [0.05, 0.1) is 0 Å². The number of hydrazine groups is 1. The van der Waals surface area contributed by atoms with Crippen molar-refractivity contribution in [1.29, 1.82) is 5.41 Å². The van der Waals surface area contributed by atoms with Crippen LogP contribution in [0, 0.1) is 5.41 Å². The largest absolute Gasteiger partial charge is 0.369 e. The van der Waals surface area contributed by atoms with Crippen LogP contribution in [0.5, 0.6) is 0 Å². The van der Waals surface area contributed by atoms with Crippen LogP contribution in [0.15, 0.2) is 0 Å². The second kappa shape index (κ2) is 3.41. The summed E-state index contributed by atoms with van der Waals surface area (Å²) in [5, 5.41) is 8.83. The van der Waals surface area contributed by atoms with E-state index in [0.29, 0.717) is 0 Å². The number of nitrogens with one attached hydrogen (secondary N) is 2.